The molecule has 0 atom stereocenters. The lowest BCUT2D eigenvalue weighted by Gasteiger charge is -2.04. The Hall–Kier alpha value is -3.21. The maximum absolute atomic E-state index is 11.3. The van der Waals surface area contributed by atoms with Crippen LogP contribution in [0.2, 0.25) is 5.02 Å². The van der Waals surface area contributed by atoms with Crippen LogP contribution in [-0.4, -0.2) is 19.6 Å². The normalized spacial score (nSPS) is 11.6. The molecule has 0 aliphatic rings. The molecular weight excluding hydrogens is 408 g/mol. The van der Waals surface area contributed by atoms with Crippen LogP contribution in [0.3, 0.4) is 0 Å². The smallest absolute Gasteiger partial charge is 0.295 e. The third-order valence-corrected chi connectivity index (χ3v) is 4.79. The maximum Gasteiger partial charge on any atom is 0.295 e. The molecule has 0 bridgehead atoms. The number of hydrogen-bond acceptors (Lipinski definition) is 7. The Balaban J connectivity index is 1.78. The number of nitrogens with one attached hydrogen (secondary N) is 1. The first-order chi connectivity index (χ1) is 13.2. The first kappa shape index (κ1) is 19.5. The molecule has 0 radical (unpaired) electrons. The number of sulfonamides is 1. The fourth-order valence-electron chi connectivity index (χ4n) is 2.29. The summed E-state index contributed by atoms with van der Waals surface area (Å²) in [6.45, 7) is 0. The van der Waals surface area contributed by atoms with Gasteiger partial charge in [-0.1, -0.05) is 11.6 Å². The van der Waals surface area contributed by atoms with Crippen LogP contribution in [0.4, 0.5) is 11.4 Å². The molecular formula is C17H13ClN4O5S. The lowest BCUT2D eigenvalue weighted by atomic mass is 10.2. The van der Waals surface area contributed by atoms with Gasteiger partial charge in [-0.3, -0.25) is 15.5 Å². The third kappa shape index (κ3) is 4.55. The summed E-state index contributed by atoms with van der Waals surface area (Å²) in [5.41, 5.74) is 2.83. The molecule has 0 spiro atoms. The van der Waals surface area contributed by atoms with E-state index in [0.29, 0.717) is 16.5 Å². The molecule has 0 saturated heterocycles. The number of halogens is 1. The molecule has 11 heteroatoms. The molecule has 144 valence electrons. The summed E-state index contributed by atoms with van der Waals surface area (Å²) in [4.78, 5) is 10.1. The first-order valence-corrected chi connectivity index (χ1v) is 9.62. The van der Waals surface area contributed by atoms with Gasteiger partial charge in [-0.15, -0.1) is 0 Å². The van der Waals surface area contributed by atoms with Gasteiger partial charge >= 0.3 is 0 Å². The second kappa shape index (κ2) is 7.80. The number of nitrogens with zero attached hydrogens (tertiary/aromatic N) is 2. The average molecular weight is 421 g/mol. The number of anilines is 1. The zero-order chi connectivity index (χ0) is 20.3. The van der Waals surface area contributed by atoms with Gasteiger partial charge in [-0.25, -0.2) is 13.6 Å². The van der Waals surface area contributed by atoms with Crippen LogP contribution in [-0.2, 0) is 10.0 Å². The highest BCUT2D eigenvalue weighted by Gasteiger charge is 2.18. The van der Waals surface area contributed by atoms with E-state index in [1.807, 2.05) is 0 Å². The number of furan rings is 1. The Morgan fingerprint density at radius 1 is 1.14 bits per heavy atom. The van der Waals surface area contributed by atoms with Crippen molar-refractivity contribution in [3.05, 3.63) is 75.5 Å². The third-order valence-electron chi connectivity index (χ3n) is 3.63. The fraction of sp³-hybridized carbons (Fsp3) is 0. The Morgan fingerprint density at radius 2 is 1.86 bits per heavy atom. The molecule has 0 aliphatic carbocycles. The standard InChI is InChI=1S/C17H13ClN4O5S/c18-12-3-1-11(2-4-12)17-8-5-13(27-17)10-20-21-15-7-6-14(28(19,25)26)9-16(15)22(23)24/h1-10,21H,(H2,19,25,26)/b20-10+. The van der Waals surface area contributed by atoms with Gasteiger partial charge in [0.05, 0.1) is 16.0 Å². The fourth-order valence-corrected chi connectivity index (χ4v) is 2.95. The average Bonchev–Trinajstić information content (AvgIpc) is 3.10. The highest BCUT2D eigenvalue weighted by molar-refractivity contribution is 7.89. The Labute approximate surface area is 164 Å². The number of rotatable bonds is 6. The Kier molecular flexibility index (Phi) is 5.45. The van der Waals surface area contributed by atoms with Crippen LogP contribution in [0.25, 0.3) is 11.3 Å². The number of nitro groups is 1. The molecule has 1 heterocycles. The molecule has 0 aliphatic heterocycles. The largest absolute Gasteiger partial charge is 0.455 e. The topological polar surface area (TPSA) is 141 Å². The lowest BCUT2D eigenvalue weighted by molar-refractivity contribution is -0.384. The van der Waals surface area contributed by atoms with Crippen LogP contribution in [0.5, 0.6) is 0 Å². The van der Waals surface area contributed by atoms with Crippen LogP contribution < -0.4 is 10.6 Å². The van der Waals surface area contributed by atoms with Crippen molar-refractivity contribution in [1.29, 1.82) is 0 Å². The van der Waals surface area contributed by atoms with Crippen molar-refractivity contribution in [3.63, 3.8) is 0 Å². The van der Waals surface area contributed by atoms with Gasteiger partial charge in [0.2, 0.25) is 10.0 Å². The molecule has 28 heavy (non-hydrogen) atoms. The van der Waals surface area contributed by atoms with E-state index in [-0.39, 0.29) is 10.6 Å². The number of nitrogens with two attached hydrogens (primary N) is 1. The van der Waals surface area contributed by atoms with E-state index in [1.54, 1.807) is 36.4 Å². The minimum absolute atomic E-state index is 0.00173. The van der Waals surface area contributed by atoms with E-state index < -0.39 is 20.6 Å². The second-order valence-corrected chi connectivity index (χ2v) is 7.56. The summed E-state index contributed by atoms with van der Waals surface area (Å²) in [5.74, 6) is 1.00. The van der Waals surface area contributed by atoms with E-state index in [9.17, 15) is 18.5 Å². The van der Waals surface area contributed by atoms with Gasteiger partial charge in [0.1, 0.15) is 17.2 Å². The summed E-state index contributed by atoms with van der Waals surface area (Å²) in [6.07, 6.45) is 1.33. The van der Waals surface area contributed by atoms with Crippen molar-refractivity contribution >= 4 is 39.2 Å². The van der Waals surface area contributed by atoms with Gasteiger partial charge < -0.3 is 4.42 Å². The lowest BCUT2D eigenvalue weighted by Crippen LogP contribution is -2.12. The minimum Gasteiger partial charge on any atom is -0.455 e. The summed E-state index contributed by atoms with van der Waals surface area (Å²) in [5, 5.41) is 20.7. The zero-order valence-electron chi connectivity index (χ0n) is 14.1. The molecule has 3 aromatic rings. The van der Waals surface area contributed by atoms with E-state index in [4.69, 9.17) is 21.2 Å². The van der Waals surface area contributed by atoms with Gasteiger partial charge in [0.15, 0.2) is 0 Å². The molecule has 2 aromatic carbocycles. The van der Waals surface area contributed by atoms with E-state index in [2.05, 4.69) is 10.5 Å². The SMILES string of the molecule is NS(=O)(=O)c1ccc(N/N=C/c2ccc(-c3ccc(Cl)cc3)o2)c([N+](=O)[O-])c1. The maximum atomic E-state index is 11.3. The van der Waals surface area contributed by atoms with Crippen LogP contribution in [0.1, 0.15) is 5.76 Å². The van der Waals surface area contributed by atoms with Crippen LogP contribution in [0.15, 0.2) is 69.0 Å². The van der Waals surface area contributed by atoms with E-state index in [1.165, 1.54) is 12.3 Å². The number of hydrazone groups is 1. The van der Waals surface area contributed by atoms with Crippen molar-refractivity contribution < 1.29 is 17.8 Å². The van der Waals surface area contributed by atoms with Crippen molar-refractivity contribution in [2.24, 2.45) is 10.2 Å². The van der Waals surface area contributed by atoms with Crippen molar-refractivity contribution in [2.75, 3.05) is 5.43 Å². The van der Waals surface area contributed by atoms with Gasteiger partial charge in [0.25, 0.3) is 5.69 Å². The number of primary sulfonamides is 1. The number of hydrogen-bond donors (Lipinski definition) is 2. The highest BCUT2D eigenvalue weighted by Crippen LogP contribution is 2.27. The summed E-state index contributed by atoms with van der Waals surface area (Å²) >= 11 is 5.85. The van der Waals surface area contributed by atoms with E-state index >= 15 is 0 Å². The minimum atomic E-state index is -4.06. The molecule has 0 fully saturated rings. The van der Waals surface area contributed by atoms with Crippen molar-refractivity contribution in [1.82, 2.24) is 0 Å². The van der Waals surface area contributed by atoms with Crippen LogP contribution >= 0.6 is 11.6 Å². The Bertz CT molecular complexity index is 1160. The zero-order valence-corrected chi connectivity index (χ0v) is 15.6. The first-order valence-electron chi connectivity index (χ1n) is 7.70. The molecule has 0 unspecified atom stereocenters. The van der Waals surface area contributed by atoms with Crippen molar-refractivity contribution in [2.45, 2.75) is 4.90 Å². The van der Waals surface area contributed by atoms with E-state index in [0.717, 1.165) is 17.7 Å². The van der Waals surface area contributed by atoms with Gasteiger partial charge in [-0.2, -0.15) is 5.10 Å². The summed E-state index contributed by atoms with van der Waals surface area (Å²) in [6, 6.07) is 13.7. The summed E-state index contributed by atoms with van der Waals surface area (Å²) < 4.78 is 28.3. The van der Waals surface area contributed by atoms with Crippen molar-refractivity contribution in [3.8, 4) is 11.3 Å². The molecule has 9 nitrogen and oxygen atoms in total. The molecule has 0 saturated carbocycles. The molecule has 3 rings (SSSR count). The molecule has 1 aromatic heterocycles. The molecule has 0 amide bonds. The quantitative estimate of drug-likeness (QED) is 0.354. The predicted octanol–water partition coefficient (Wildman–Crippen LogP) is 3.60. The Morgan fingerprint density at radius 3 is 2.50 bits per heavy atom. The van der Waals surface area contributed by atoms with Gasteiger partial charge in [-0.05, 0) is 48.5 Å². The van der Waals surface area contributed by atoms with Gasteiger partial charge in [0, 0.05) is 16.7 Å². The predicted molar refractivity (Wildman–Crippen MR) is 105 cm³/mol. The number of nitro benzene ring substituents is 1. The second-order valence-electron chi connectivity index (χ2n) is 5.56. The molecule has 3 N–H and O–H groups in total. The summed E-state index contributed by atoms with van der Waals surface area (Å²) in [7, 11) is -4.06. The number of benzene rings is 2. The monoisotopic (exact) mass is 420 g/mol. The van der Waals surface area contributed by atoms with Crippen LogP contribution in [0, 0.1) is 10.1 Å². The highest BCUT2D eigenvalue weighted by atomic mass is 35.5.